The summed E-state index contributed by atoms with van der Waals surface area (Å²) in [6.07, 6.45) is 0.131. The van der Waals surface area contributed by atoms with Gasteiger partial charge in [0, 0.05) is 31.9 Å². The molecule has 3 aromatic carbocycles. The van der Waals surface area contributed by atoms with Crippen molar-refractivity contribution in [2.75, 3.05) is 38.5 Å². The highest BCUT2D eigenvalue weighted by Crippen LogP contribution is 2.23. The van der Waals surface area contributed by atoms with E-state index >= 15 is 0 Å². The van der Waals surface area contributed by atoms with E-state index in [1.165, 1.54) is 28.6 Å². The lowest BCUT2D eigenvalue weighted by Gasteiger charge is -2.31. The molecule has 11 heteroatoms. The number of piperazine rings is 1. The smallest absolute Gasteiger partial charge is 0.243 e. The van der Waals surface area contributed by atoms with Gasteiger partial charge in [-0.3, -0.25) is 4.79 Å². The molecular weight excluding hydrogens is 548 g/mol. The molecule has 1 aliphatic rings. The molecule has 1 saturated heterocycles. The number of hydrogen-bond donors (Lipinski definition) is 2. The number of aryl methyl sites for hydroxylation is 3. The molecule has 3 aromatic rings. The van der Waals surface area contributed by atoms with E-state index in [2.05, 4.69) is 14.9 Å². The number of carbonyl (C=O) groups is 1. The number of likely N-dealkylation sites (N-methyl/N-ethyl adjacent to an activating group) is 1. The van der Waals surface area contributed by atoms with E-state index < -0.39 is 32.0 Å². The van der Waals surface area contributed by atoms with Gasteiger partial charge in [0.2, 0.25) is 26.0 Å². The molecular formula is C29H36N4O5S2. The van der Waals surface area contributed by atoms with Gasteiger partial charge in [-0.05, 0) is 75.2 Å². The quantitative estimate of drug-likeness (QED) is 0.400. The Hall–Kier alpha value is -3.09. The maximum absolute atomic E-state index is 13.5. The van der Waals surface area contributed by atoms with Gasteiger partial charge in [0.15, 0.2) is 0 Å². The molecule has 0 aromatic heterocycles. The highest BCUT2D eigenvalue weighted by molar-refractivity contribution is 7.89. The van der Waals surface area contributed by atoms with E-state index in [1.807, 2.05) is 44.3 Å². The fraction of sp³-hybridized carbons (Fsp3) is 0.345. The Bertz CT molecular complexity index is 1540. The zero-order valence-electron chi connectivity index (χ0n) is 23.2. The van der Waals surface area contributed by atoms with E-state index in [0.717, 1.165) is 11.1 Å². The van der Waals surface area contributed by atoms with Crippen LogP contribution in [0.25, 0.3) is 0 Å². The Labute approximate surface area is 237 Å². The van der Waals surface area contributed by atoms with E-state index in [0.29, 0.717) is 43.0 Å². The predicted octanol–water partition coefficient (Wildman–Crippen LogP) is 3.08. The summed E-state index contributed by atoms with van der Waals surface area (Å²) < 4.78 is 57.2. The van der Waals surface area contributed by atoms with Crippen LogP contribution in [0.3, 0.4) is 0 Å². The van der Waals surface area contributed by atoms with Gasteiger partial charge in [-0.2, -0.15) is 9.03 Å². The summed E-state index contributed by atoms with van der Waals surface area (Å²) in [6.45, 7) is 7.52. The summed E-state index contributed by atoms with van der Waals surface area (Å²) in [5.41, 5.74) is 3.30. The van der Waals surface area contributed by atoms with Crippen molar-refractivity contribution < 1.29 is 21.6 Å². The second-order valence-corrected chi connectivity index (χ2v) is 13.9. The van der Waals surface area contributed by atoms with E-state index in [9.17, 15) is 21.6 Å². The lowest BCUT2D eigenvalue weighted by atomic mass is 10.1. The summed E-state index contributed by atoms with van der Waals surface area (Å²) in [4.78, 5) is 15.8. The van der Waals surface area contributed by atoms with Crippen molar-refractivity contribution >= 4 is 31.6 Å². The highest BCUT2D eigenvalue weighted by Gasteiger charge is 2.30. The van der Waals surface area contributed by atoms with Crippen LogP contribution in [0.1, 0.15) is 22.3 Å². The molecule has 9 nitrogen and oxygen atoms in total. The highest BCUT2D eigenvalue weighted by atomic mass is 32.2. The number of anilines is 1. The predicted molar refractivity (Wildman–Crippen MR) is 156 cm³/mol. The second-order valence-electron chi connectivity index (χ2n) is 10.3. The van der Waals surface area contributed by atoms with Crippen molar-refractivity contribution in [3.8, 4) is 0 Å². The minimum absolute atomic E-state index is 0.131. The third-order valence-corrected chi connectivity index (χ3v) is 10.7. The maximum atomic E-state index is 13.5. The van der Waals surface area contributed by atoms with E-state index in [1.54, 1.807) is 26.0 Å². The van der Waals surface area contributed by atoms with Crippen LogP contribution in [0.15, 0.2) is 76.5 Å². The molecule has 1 heterocycles. The number of hydrogen-bond acceptors (Lipinski definition) is 6. The second kappa shape index (κ2) is 12.2. The number of nitrogens with zero attached hydrogens (tertiary/aromatic N) is 2. The molecule has 1 fully saturated rings. The van der Waals surface area contributed by atoms with Crippen molar-refractivity contribution in [1.82, 2.24) is 13.9 Å². The van der Waals surface area contributed by atoms with Crippen LogP contribution in [0.2, 0.25) is 0 Å². The molecule has 0 bridgehead atoms. The first-order valence-corrected chi connectivity index (χ1v) is 16.0. The third-order valence-electron chi connectivity index (χ3n) is 6.99. The SMILES string of the molecule is Cc1cc(C)c(S(=O)(=O)N[C@@H](Cc2ccccc2)C(=O)Nc2ccc(S(=O)(=O)N3CCN(C)CC3)cc2)c(C)c1. The lowest BCUT2D eigenvalue weighted by Crippen LogP contribution is -2.47. The zero-order chi connectivity index (χ0) is 29.1. The van der Waals surface area contributed by atoms with Gasteiger partial charge in [-0.1, -0.05) is 48.0 Å². The van der Waals surface area contributed by atoms with Gasteiger partial charge in [0.25, 0.3) is 0 Å². The normalized spacial score (nSPS) is 16.0. The molecule has 2 N–H and O–H groups in total. The summed E-state index contributed by atoms with van der Waals surface area (Å²) in [7, 11) is -5.73. The lowest BCUT2D eigenvalue weighted by molar-refractivity contribution is -0.117. The molecule has 0 saturated carbocycles. The van der Waals surface area contributed by atoms with E-state index in [-0.39, 0.29) is 16.2 Å². The van der Waals surface area contributed by atoms with Crippen molar-refractivity contribution in [3.63, 3.8) is 0 Å². The zero-order valence-corrected chi connectivity index (χ0v) is 24.8. The van der Waals surface area contributed by atoms with Crippen LogP contribution in [0.5, 0.6) is 0 Å². The number of sulfonamides is 2. The van der Waals surface area contributed by atoms with Crippen LogP contribution < -0.4 is 10.0 Å². The Balaban J connectivity index is 1.55. The number of carbonyl (C=O) groups excluding carboxylic acids is 1. The Morgan fingerprint density at radius 3 is 2.00 bits per heavy atom. The minimum Gasteiger partial charge on any atom is -0.325 e. The minimum atomic E-state index is -4.04. The molecule has 1 aliphatic heterocycles. The van der Waals surface area contributed by atoms with Crippen LogP contribution >= 0.6 is 0 Å². The number of amides is 1. The molecule has 40 heavy (non-hydrogen) atoms. The summed E-state index contributed by atoms with van der Waals surface area (Å²) in [5.74, 6) is -0.551. The first-order chi connectivity index (χ1) is 18.9. The van der Waals surface area contributed by atoms with Crippen LogP contribution in [-0.2, 0) is 31.3 Å². The van der Waals surface area contributed by atoms with Gasteiger partial charge in [-0.25, -0.2) is 16.8 Å². The summed E-state index contributed by atoms with van der Waals surface area (Å²) in [6, 6.07) is 17.6. The molecule has 1 atom stereocenters. The standard InChI is InChI=1S/C29H36N4O5S2/c1-21-18-22(2)28(23(3)19-21)39(35,36)31-27(20-24-8-6-5-7-9-24)29(34)30-25-10-12-26(13-11-25)40(37,38)33-16-14-32(4)15-17-33/h5-13,18-19,27,31H,14-17,20H2,1-4H3,(H,30,34)/t27-/m0/s1. The number of nitrogens with one attached hydrogen (secondary N) is 2. The Morgan fingerprint density at radius 1 is 0.850 bits per heavy atom. The molecule has 0 unspecified atom stereocenters. The van der Waals surface area contributed by atoms with Crippen LogP contribution in [-0.4, -0.2) is 71.2 Å². The topological polar surface area (TPSA) is 116 Å². The van der Waals surface area contributed by atoms with Gasteiger partial charge >= 0.3 is 0 Å². The van der Waals surface area contributed by atoms with Gasteiger partial charge in [0.05, 0.1) is 9.79 Å². The molecule has 1 amide bonds. The monoisotopic (exact) mass is 584 g/mol. The maximum Gasteiger partial charge on any atom is 0.243 e. The van der Waals surface area contributed by atoms with Crippen molar-refractivity contribution in [3.05, 3.63) is 89.0 Å². The van der Waals surface area contributed by atoms with Crippen molar-refractivity contribution in [2.45, 2.75) is 43.0 Å². The van der Waals surface area contributed by atoms with Crippen LogP contribution in [0, 0.1) is 20.8 Å². The molecule has 4 rings (SSSR count). The third kappa shape index (κ3) is 6.97. The molecule has 214 valence electrons. The average Bonchev–Trinajstić information content (AvgIpc) is 2.88. The molecule has 0 spiro atoms. The van der Waals surface area contributed by atoms with Gasteiger partial charge < -0.3 is 10.2 Å². The fourth-order valence-corrected chi connectivity index (χ4v) is 8.06. The first-order valence-electron chi connectivity index (χ1n) is 13.1. The Morgan fingerprint density at radius 2 is 1.43 bits per heavy atom. The van der Waals surface area contributed by atoms with Crippen LogP contribution in [0.4, 0.5) is 5.69 Å². The molecule has 0 radical (unpaired) electrons. The van der Waals surface area contributed by atoms with E-state index in [4.69, 9.17) is 0 Å². The van der Waals surface area contributed by atoms with Crippen molar-refractivity contribution in [1.29, 1.82) is 0 Å². The van der Waals surface area contributed by atoms with Crippen molar-refractivity contribution in [2.24, 2.45) is 0 Å². The number of rotatable bonds is 9. The molecule has 0 aliphatic carbocycles. The van der Waals surface area contributed by atoms with Gasteiger partial charge in [-0.15, -0.1) is 0 Å². The first kappa shape index (κ1) is 29.9. The van der Waals surface area contributed by atoms with Gasteiger partial charge in [0.1, 0.15) is 6.04 Å². The number of benzene rings is 3. The summed E-state index contributed by atoms with van der Waals surface area (Å²) in [5, 5.41) is 2.76. The summed E-state index contributed by atoms with van der Waals surface area (Å²) >= 11 is 0. The fourth-order valence-electron chi connectivity index (χ4n) is 4.99. The average molecular weight is 585 g/mol. The largest absolute Gasteiger partial charge is 0.325 e. The Kier molecular flexibility index (Phi) is 9.11.